The molecule has 0 aromatic heterocycles. The molecule has 0 bridgehead atoms. The third-order valence-electron chi connectivity index (χ3n) is 7.76. The first kappa shape index (κ1) is 41.0. The summed E-state index contributed by atoms with van der Waals surface area (Å²) in [5, 5.41) is 66.9. The molecule has 3 aliphatic heterocycles. The van der Waals surface area contributed by atoms with Crippen LogP contribution in [0.15, 0.2) is 0 Å². The Balaban J connectivity index is 1.47. The molecular formula is C28H45N5O17. The fourth-order valence-corrected chi connectivity index (χ4v) is 4.94. The first-order chi connectivity index (χ1) is 23.6. The minimum absolute atomic E-state index is 0.124. The maximum Gasteiger partial charge on any atom is 0.352 e. The van der Waals surface area contributed by atoms with Crippen molar-refractivity contribution in [2.45, 2.75) is 88.1 Å². The Kier molecular flexibility index (Phi) is 15.8. The first-order valence-electron chi connectivity index (χ1n) is 15.8. The van der Waals surface area contributed by atoms with E-state index in [1.54, 1.807) is 0 Å². The van der Waals surface area contributed by atoms with Crippen LogP contribution in [0.5, 0.6) is 0 Å². The van der Waals surface area contributed by atoms with Crippen molar-refractivity contribution in [3.63, 3.8) is 0 Å². The molecule has 0 aliphatic carbocycles. The molecule has 0 radical (unpaired) electrons. The van der Waals surface area contributed by atoms with Gasteiger partial charge in [0.15, 0.2) is 12.6 Å². The zero-order valence-electron chi connectivity index (χ0n) is 27.4. The molecule has 10 atom stereocenters. The lowest BCUT2D eigenvalue weighted by Crippen LogP contribution is -2.57. The van der Waals surface area contributed by atoms with Gasteiger partial charge in [-0.1, -0.05) is 0 Å². The van der Waals surface area contributed by atoms with E-state index < -0.39 is 123 Å². The third kappa shape index (κ3) is 11.8. The highest BCUT2D eigenvalue weighted by Gasteiger charge is 2.43. The number of carbonyl (C=O) groups excluding carboxylic acids is 6. The molecule has 22 heteroatoms. The quantitative estimate of drug-likeness (QED) is 0.0497. The number of amides is 5. The lowest BCUT2D eigenvalue weighted by molar-refractivity contribution is -0.292. The lowest BCUT2D eigenvalue weighted by atomic mass is 10.0. The molecule has 3 rings (SSSR count). The second kappa shape index (κ2) is 19.3. The molecular weight excluding hydrogens is 678 g/mol. The molecule has 22 nitrogen and oxygen atoms in total. The Morgan fingerprint density at radius 2 is 1.08 bits per heavy atom. The molecule has 9 N–H and O–H groups in total. The van der Waals surface area contributed by atoms with Crippen LogP contribution in [0.1, 0.15) is 26.7 Å². The van der Waals surface area contributed by atoms with Crippen molar-refractivity contribution in [2.75, 3.05) is 52.5 Å². The van der Waals surface area contributed by atoms with Crippen molar-refractivity contribution in [3.05, 3.63) is 0 Å². The van der Waals surface area contributed by atoms with Gasteiger partial charge in [-0.25, -0.2) is 4.79 Å². The zero-order valence-corrected chi connectivity index (χ0v) is 27.4. The van der Waals surface area contributed by atoms with Gasteiger partial charge in [0.2, 0.25) is 17.7 Å². The van der Waals surface area contributed by atoms with Gasteiger partial charge >= 0.3 is 5.97 Å². The summed E-state index contributed by atoms with van der Waals surface area (Å²) in [6.45, 7) is -0.0344. The van der Waals surface area contributed by atoms with E-state index in [4.69, 9.17) is 18.9 Å². The summed E-state index contributed by atoms with van der Waals surface area (Å²) in [6, 6.07) is 0. The summed E-state index contributed by atoms with van der Waals surface area (Å²) in [5.74, 6) is -4.71. The van der Waals surface area contributed by atoms with Crippen LogP contribution >= 0.6 is 0 Å². The number of ether oxygens (including phenoxy) is 4. The Morgan fingerprint density at radius 1 is 0.680 bits per heavy atom. The molecule has 3 saturated heterocycles. The topological polar surface area (TPSA) is 313 Å². The number of hydroxylamine groups is 2. The van der Waals surface area contributed by atoms with Crippen LogP contribution in [0.2, 0.25) is 0 Å². The van der Waals surface area contributed by atoms with E-state index in [2.05, 4.69) is 20.8 Å². The Morgan fingerprint density at radius 3 is 1.50 bits per heavy atom. The predicted octanol–water partition coefficient (Wildman–Crippen LogP) is -7.07. The van der Waals surface area contributed by atoms with E-state index in [0.717, 1.165) is 4.90 Å². The summed E-state index contributed by atoms with van der Waals surface area (Å²) in [4.78, 5) is 79.1. The van der Waals surface area contributed by atoms with Crippen molar-refractivity contribution in [2.24, 2.45) is 0 Å². The van der Waals surface area contributed by atoms with Crippen molar-refractivity contribution >= 4 is 35.5 Å². The Labute approximate surface area is 285 Å². The maximum atomic E-state index is 12.7. The Bertz CT molecular complexity index is 1140. The standard InChI is InChI=1S/C28H45N5O17/c1-13-21(40)23(42)25(44)27(48-13)46-7-5-29-15(34)10-32(12-17(36)31-9-20(39)50-33-18(37)3-4-19(33)38)11-16(35)30-6-8-47-28-26(45)24(43)22(41)14(2)49-28/h13-14,21-28,40-45H,3-12H2,1-2H3,(H,29,34)(H,30,35)(H,31,36)/t13-,14-,21+,22+,23+,24+,25-,26-,27+,28+/m0/s1. The van der Waals surface area contributed by atoms with Crippen molar-refractivity contribution < 1.29 is 83.2 Å². The van der Waals surface area contributed by atoms with Crippen molar-refractivity contribution in [1.29, 1.82) is 0 Å². The van der Waals surface area contributed by atoms with E-state index in [1.807, 2.05) is 0 Å². The smallest absolute Gasteiger partial charge is 0.352 e. The minimum Gasteiger partial charge on any atom is -0.388 e. The van der Waals surface area contributed by atoms with Gasteiger partial charge in [-0.15, -0.1) is 5.06 Å². The second-order valence-corrected chi connectivity index (χ2v) is 11.8. The first-order valence-corrected chi connectivity index (χ1v) is 15.8. The zero-order chi connectivity index (χ0) is 37.1. The number of hydrogen-bond acceptors (Lipinski definition) is 18. The molecule has 0 unspecified atom stereocenters. The van der Waals surface area contributed by atoms with Crippen LogP contribution in [0.4, 0.5) is 0 Å². The van der Waals surface area contributed by atoms with E-state index in [1.165, 1.54) is 13.8 Å². The molecule has 3 fully saturated rings. The SMILES string of the molecule is C[C@@H]1O[C@@H](OCCNC(=O)CN(CC(=O)NCCO[C@@H]2O[C@@H](C)[C@@H](O)[C@@H](O)[C@@H]2O)CC(=O)NCC(=O)ON2C(=O)CCC2=O)[C@@H](O)[C@H](O)[C@@H]1O. The van der Waals surface area contributed by atoms with E-state index in [9.17, 15) is 59.4 Å². The second-order valence-electron chi connectivity index (χ2n) is 11.8. The summed E-state index contributed by atoms with van der Waals surface area (Å²) >= 11 is 0. The van der Waals surface area contributed by atoms with E-state index in [-0.39, 0.29) is 39.1 Å². The van der Waals surface area contributed by atoms with Gasteiger partial charge in [0.1, 0.15) is 43.2 Å². The van der Waals surface area contributed by atoms with Gasteiger partial charge in [-0.3, -0.25) is 28.9 Å². The largest absolute Gasteiger partial charge is 0.388 e. The van der Waals surface area contributed by atoms with Crippen LogP contribution < -0.4 is 16.0 Å². The number of hydrogen-bond donors (Lipinski definition) is 9. The van der Waals surface area contributed by atoms with Gasteiger partial charge in [-0.2, -0.15) is 0 Å². The van der Waals surface area contributed by atoms with Gasteiger partial charge in [-0.05, 0) is 13.8 Å². The van der Waals surface area contributed by atoms with Crippen LogP contribution in [0, 0.1) is 0 Å². The number of carbonyl (C=O) groups is 6. The van der Waals surface area contributed by atoms with E-state index in [0.29, 0.717) is 5.06 Å². The molecule has 0 aromatic rings. The Hall–Kier alpha value is -3.42. The normalized spacial score (nSPS) is 31.4. The average Bonchev–Trinajstić information content (AvgIpc) is 3.38. The molecule has 5 amide bonds. The van der Waals surface area contributed by atoms with Crippen LogP contribution in [-0.4, -0.2) is 190 Å². The molecule has 0 saturated carbocycles. The molecule has 0 spiro atoms. The highest BCUT2D eigenvalue weighted by molar-refractivity contribution is 6.01. The lowest BCUT2D eigenvalue weighted by Gasteiger charge is -2.38. The summed E-state index contributed by atoms with van der Waals surface area (Å²) in [5.41, 5.74) is 0. The molecule has 3 aliphatic rings. The molecule has 284 valence electrons. The summed E-state index contributed by atoms with van der Waals surface area (Å²) in [7, 11) is 0. The number of aliphatic hydroxyl groups is 6. The summed E-state index contributed by atoms with van der Waals surface area (Å²) in [6.07, 6.45) is -13.3. The van der Waals surface area contributed by atoms with Crippen molar-refractivity contribution in [3.8, 4) is 0 Å². The number of imide groups is 1. The number of rotatable bonds is 17. The van der Waals surface area contributed by atoms with Gasteiger partial charge < -0.3 is 70.4 Å². The monoisotopic (exact) mass is 723 g/mol. The van der Waals surface area contributed by atoms with Crippen LogP contribution in [0.3, 0.4) is 0 Å². The van der Waals surface area contributed by atoms with Gasteiger partial charge in [0.05, 0.1) is 45.1 Å². The number of aliphatic hydroxyl groups excluding tert-OH is 6. The minimum atomic E-state index is -1.55. The highest BCUT2D eigenvalue weighted by atomic mass is 16.7. The number of nitrogens with zero attached hydrogens (tertiary/aromatic N) is 2. The predicted molar refractivity (Wildman–Crippen MR) is 159 cm³/mol. The maximum absolute atomic E-state index is 12.7. The molecule has 0 aromatic carbocycles. The average molecular weight is 724 g/mol. The van der Waals surface area contributed by atoms with Crippen LogP contribution in [0.25, 0.3) is 0 Å². The summed E-state index contributed by atoms with van der Waals surface area (Å²) < 4.78 is 21.3. The fraction of sp³-hybridized carbons (Fsp3) is 0.786. The third-order valence-corrected chi connectivity index (χ3v) is 7.76. The molecule has 3 heterocycles. The molecule has 50 heavy (non-hydrogen) atoms. The van der Waals surface area contributed by atoms with E-state index >= 15 is 0 Å². The van der Waals surface area contributed by atoms with Gasteiger partial charge in [0, 0.05) is 25.9 Å². The fourth-order valence-electron chi connectivity index (χ4n) is 4.94. The van der Waals surface area contributed by atoms with Gasteiger partial charge in [0.25, 0.3) is 11.8 Å². The highest BCUT2D eigenvalue weighted by Crippen LogP contribution is 2.22. The van der Waals surface area contributed by atoms with Crippen LogP contribution in [-0.2, 0) is 52.6 Å². The number of nitrogens with one attached hydrogen (secondary N) is 3. The van der Waals surface area contributed by atoms with Crippen molar-refractivity contribution in [1.82, 2.24) is 25.9 Å².